The molecule has 0 saturated heterocycles. The fourth-order valence-corrected chi connectivity index (χ4v) is 1.97. The van der Waals surface area contributed by atoms with Gasteiger partial charge in [0.2, 0.25) is 0 Å². The summed E-state index contributed by atoms with van der Waals surface area (Å²) in [5.41, 5.74) is 3.91. The summed E-state index contributed by atoms with van der Waals surface area (Å²) in [6.45, 7) is 4.52. The van der Waals surface area contributed by atoms with Crippen molar-refractivity contribution in [1.82, 2.24) is 10.3 Å². The van der Waals surface area contributed by atoms with E-state index in [0.717, 1.165) is 17.0 Å². The van der Waals surface area contributed by atoms with E-state index in [1.165, 1.54) is 0 Å². The topological polar surface area (TPSA) is 44.9 Å². The molecule has 1 aromatic heterocycles. The average molecular weight is 263 g/mol. The number of halogens is 1. The number of rotatable bonds is 3. The van der Waals surface area contributed by atoms with Crippen LogP contribution < -0.4 is 5.32 Å². The highest BCUT2D eigenvalue weighted by molar-refractivity contribution is 6.30. The predicted molar refractivity (Wildman–Crippen MR) is 72.9 cm³/mol. The first-order valence-corrected chi connectivity index (χ1v) is 6.13. The van der Waals surface area contributed by atoms with Crippen LogP contribution in [0.5, 0.6) is 0 Å². The second kappa shape index (κ2) is 5.27. The highest BCUT2D eigenvalue weighted by Gasteiger charge is 2.07. The van der Waals surface area contributed by atoms with E-state index >= 15 is 0 Å². The standard InChI is InChI=1S/C14H15ClN2O/c1-9-7-12(10(2)17-9)8-16-14(18)11-3-5-13(15)6-4-11/h3-7,17H,8H2,1-2H3,(H,16,18). The molecule has 0 radical (unpaired) electrons. The van der Waals surface area contributed by atoms with Gasteiger partial charge in [-0.15, -0.1) is 0 Å². The lowest BCUT2D eigenvalue weighted by molar-refractivity contribution is 0.0951. The molecule has 0 spiro atoms. The summed E-state index contributed by atoms with van der Waals surface area (Å²) < 4.78 is 0. The molecule has 2 rings (SSSR count). The van der Waals surface area contributed by atoms with Crippen molar-refractivity contribution in [3.8, 4) is 0 Å². The molecule has 2 N–H and O–H groups in total. The lowest BCUT2D eigenvalue weighted by Gasteiger charge is -2.05. The second-order valence-electron chi connectivity index (χ2n) is 4.29. The summed E-state index contributed by atoms with van der Waals surface area (Å²) in [5, 5.41) is 3.52. The number of aromatic amines is 1. The van der Waals surface area contributed by atoms with Crippen LogP contribution in [0.3, 0.4) is 0 Å². The number of aromatic nitrogens is 1. The molecule has 1 heterocycles. The van der Waals surface area contributed by atoms with Crippen molar-refractivity contribution in [2.75, 3.05) is 0 Å². The van der Waals surface area contributed by atoms with Crippen molar-refractivity contribution < 1.29 is 4.79 Å². The molecule has 18 heavy (non-hydrogen) atoms. The number of aryl methyl sites for hydroxylation is 2. The molecule has 0 saturated carbocycles. The van der Waals surface area contributed by atoms with Gasteiger partial charge >= 0.3 is 0 Å². The van der Waals surface area contributed by atoms with Crippen molar-refractivity contribution >= 4 is 17.5 Å². The molecule has 3 nitrogen and oxygen atoms in total. The van der Waals surface area contributed by atoms with Crippen molar-refractivity contribution in [3.63, 3.8) is 0 Å². The van der Waals surface area contributed by atoms with Crippen LogP contribution in [0.15, 0.2) is 30.3 Å². The minimum atomic E-state index is -0.0927. The summed E-state index contributed by atoms with van der Waals surface area (Å²) in [6.07, 6.45) is 0. The predicted octanol–water partition coefficient (Wildman–Crippen LogP) is 3.21. The number of carbonyl (C=O) groups excluding carboxylic acids is 1. The fourth-order valence-electron chi connectivity index (χ4n) is 1.84. The Morgan fingerprint density at radius 1 is 1.28 bits per heavy atom. The number of carbonyl (C=O) groups is 1. The van der Waals surface area contributed by atoms with Gasteiger partial charge in [0.15, 0.2) is 0 Å². The molecular weight excluding hydrogens is 248 g/mol. The summed E-state index contributed by atoms with van der Waals surface area (Å²) in [7, 11) is 0. The Hall–Kier alpha value is -1.74. The first-order valence-electron chi connectivity index (χ1n) is 5.75. The Bertz CT molecular complexity index is 558. The van der Waals surface area contributed by atoms with E-state index in [2.05, 4.69) is 10.3 Å². The summed E-state index contributed by atoms with van der Waals surface area (Å²) in [4.78, 5) is 15.1. The van der Waals surface area contributed by atoms with E-state index in [1.807, 2.05) is 19.9 Å². The zero-order chi connectivity index (χ0) is 13.1. The van der Waals surface area contributed by atoms with Crippen LogP contribution in [0, 0.1) is 13.8 Å². The van der Waals surface area contributed by atoms with Crippen molar-refractivity contribution in [2.45, 2.75) is 20.4 Å². The van der Waals surface area contributed by atoms with Crippen LogP contribution in [0.4, 0.5) is 0 Å². The van der Waals surface area contributed by atoms with Gasteiger partial charge in [-0.05, 0) is 49.7 Å². The van der Waals surface area contributed by atoms with E-state index in [4.69, 9.17) is 11.6 Å². The third-order valence-corrected chi connectivity index (χ3v) is 3.05. The Morgan fingerprint density at radius 3 is 2.50 bits per heavy atom. The molecule has 1 aromatic carbocycles. The van der Waals surface area contributed by atoms with E-state index in [0.29, 0.717) is 17.1 Å². The van der Waals surface area contributed by atoms with Crippen LogP contribution in [0.1, 0.15) is 27.3 Å². The molecule has 0 fully saturated rings. The van der Waals surface area contributed by atoms with Gasteiger partial charge in [-0.25, -0.2) is 0 Å². The van der Waals surface area contributed by atoms with Gasteiger partial charge in [-0.3, -0.25) is 4.79 Å². The molecule has 0 unspecified atom stereocenters. The van der Waals surface area contributed by atoms with Crippen molar-refractivity contribution in [1.29, 1.82) is 0 Å². The minimum Gasteiger partial charge on any atom is -0.362 e. The molecule has 0 bridgehead atoms. The number of hydrogen-bond donors (Lipinski definition) is 2. The smallest absolute Gasteiger partial charge is 0.251 e. The lowest BCUT2D eigenvalue weighted by atomic mass is 10.2. The number of benzene rings is 1. The molecule has 0 aliphatic carbocycles. The minimum absolute atomic E-state index is 0.0927. The van der Waals surface area contributed by atoms with Gasteiger partial charge in [-0.1, -0.05) is 11.6 Å². The van der Waals surface area contributed by atoms with E-state index in [-0.39, 0.29) is 5.91 Å². The van der Waals surface area contributed by atoms with Gasteiger partial charge in [0.1, 0.15) is 0 Å². The van der Waals surface area contributed by atoms with E-state index in [1.54, 1.807) is 24.3 Å². The monoisotopic (exact) mass is 262 g/mol. The number of amides is 1. The maximum Gasteiger partial charge on any atom is 0.251 e. The Kier molecular flexibility index (Phi) is 3.72. The number of H-pyrrole nitrogens is 1. The van der Waals surface area contributed by atoms with Gasteiger partial charge in [-0.2, -0.15) is 0 Å². The summed E-state index contributed by atoms with van der Waals surface area (Å²) >= 11 is 5.78. The van der Waals surface area contributed by atoms with Gasteiger partial charge in [0.25, 0.3) is 5.91 Å². The van der Waals surface area contributed by atoms with Crippen LogP contribution in [0.25, 0.3) is 0 Å². The molecular formula is C14H15ClN2O. The second-order valence-corrected chi connectivity index (χ2v) is 4.73. The average Bonchev–Trinajstić information content (AvgIpc) is 2.66. The van der Waals surface area contributed by atoms with Crippen LogP contribution in [0.2, 0.25) is 5.02 Å². The van der Waals surface area contributed by atoms with Gasteiger partial charge in [0.05, 0.1) is 0 Å². The number of hydrogen-bond acceptors (Lipinski definition) is 1. The molecule has 2 aromatic rings. The molecule has 0 atom stereocenters. The molecule has 0 aliphatic rings. The molecule has 1 amide bonds. The Labute approximate surface area is 111 Å². The maximum atomic E-state index is 11.9. The Morgan fingerprint density at radius 2 is 1.94 bits per heavy atom. The zero-order valence-electron chi connectivity index (χ0n) is 10.4. The highest BCUT2D eigenvalue weighted by Crippen LogP contribution is 2.11. The van der Waals surface area contributed by atoms with Crippen LogP contribution >= 0.6 is 11.6 Å². The van der Waals surface area contributed by atoms with E-state index < -0.39 is 0 Å². The third kappa shape index (κ3) is 2.93. The summed E-state index contributed by atoms with van der Waals surface area (Å²) in [6, 6.07) is 8.89. The van der Waals surface area contributed by atoms with Crippen LogP contribution in [-0.2, 0) is 6.54 Å². The van der Waals surface area contributed by atoms with Crippen LogP contribution in [-0.4, -0.2) is 10.9 Å². The SMILES string of the molecule is Cc1cc(CNC(=O)c2ccc(Cl)cc2)c(C)[nH]1. The van der Waals surface area contributed by atoms with E-state index in [9.17, 15) is 4.79 Å². The summed E-state index contributed by atoms with van der Waals surface area (Å²) in [5.74, 6) is -0.0927. The molecule has 0 aliphatic heterocycles. The normalized spacial score (nSPS) is 10.4. The highest BCUT2D eigenvalue weighted by atomic mass is 35.5. The largest absolute Gasteiger partial charge is 0.362 e. The van der Waals surface area contributed by atoms with Gasteiger partial charge in [0, 0.05) is 28.5 Å². The Balaban J connectivity index is 2.00. The first kappa shape index (κ1) is 12.7. The quantitative estimate of drug-likeness (QED) is 0.877. The zero-order valence-corrected chi connectivity index (χ0v) is 11.1. The third-order valence-electron chi connectivity index (χ3n) is 2.80. The van der Waals surface area contributed by atoms with Gasteiger partial charge < -0.3 is 10.3 Å². The molecule has 4 heteroatoms. The maximum absolute atomic E-state index is 11.9. The van der Waals surface area contributed by atoms with Crippen molar-refractivity contribution in [2.24, 2.45) is 0 Å². The number of nitrogens with one attached hydrogen (secondary N) is 2. The first-order chi connectivity index (χ1) is 8.56. The molecule has 94 valence electrons. The van der Waals surface area contributed by atoms with Crippen molar-refractivity contribution in [3.05, 3.63) is 57.9 Å². The fraction of sp³-hybridized carbons (Fsp3) is 0.214. The lowest BCUT2D eigenvalue weighted by Crippen LogP contribution is -2.22.